The Kier molecular flexibility index (Phi) is 4.66. The zero-order valence-corrected chi connectivity index (χ0v) is 16.7. The molecule has 0 aliphatic heterocycles. The third kappa shape index (κ3) is 3.57. The van der Waals surface area contributed by atoms with Crippen molar-refractivity contribution in [3.8, 4) is 5.69 Å². The number of aromatic nitrogens is 5. The summed E-state index contributed by atoms with van der Waals surface area (Å²) in [7, 11) is 0. The minimum absolute atomic E-state index is 0.128. The molecule has 0 aliphatic carbocycles. The molecule has 2 aromatic carbocycles. The molecule has 0 saturated carbocycles. The number of rotatable bonds is 5. The Bertz CT molecular complexity index is 1280. The molecule has 0 bridgehead atoms. The van der Waals surface area contributed by atoms with Gasteiger partial charge in [0.1, 0.15) is 11.4 Å². The minimum atomic E-state index is -0.128. The maximum Gasteiger partial charge on any atom is 0.236 e. The Morgan fingerprint density at radius 3 is 2.76 bits per heavy atom. The molecule has 29 heavy (non-hydrogen) atoms. The molecule has 0 unspecified atom stereocenters. The highest BCUT2D eigenvalue weighted by Crippen LogP contribution is 2.27. The van der Waals surface area contributed by atoms with Crippen LogP contribution in [0.15, 0.2) is 72.1 Å². The van der Waals surface area contributed by atoms with Crippen molar-refractivity contribution in [3.63, 3.8) is 0 Å². The highest BCUT2D eigenvalue weighted by Gasteiger charge is 2.14. The first kappa shape index (κ1) is 17.8. The molecular formula is C20H14N6OS2. The second-order valence-corrected chi connectivity index (χ2v) is 8.13. The minimum Gasteiger partial charge on any atom is -0.301 e. The van der Waals surface area contributed by atoms with Crippen LogP contribution in [0.5, 0.6) is 0 Å². The van der Waals surface area contributed by atoms with Crippen LogP contribution in [0.1, 0.15) is 0 Å². The molecule has 3 aromatic heterocycles. The molecule has 0 saturated heterocycles. The topological polar surface area (TPSA) is 85.6 Å². The molecule has 7 nitrogen and oxygen atoms in total. The van der Waals surface area contributed by atoms with Crippen LogP contribution in [0.25, 0.3) is 26.9 Å². The summed E-state index contributed by atoms with van der Waals surface area (Å²) in [5.74, 6) is 0.0923. The summed E-state index contributed by atoms with van der Waals surface area (Å²) in [6, 6.07) is 17.6. The molecule has 0 fully saturated rings. The Balaban J connectivity index is 1.32. The van der Waals surface area contributed by atoms with Gasteiger partial charge in [-0.3, -0.25) is 4.79 Å². The summed E-state index contributed by atoms with van der Waals surface area (Å²) >= 11 is 2.81. The maximum absolute atomic E-state index is 12.4. The maximum atomic E-state index is 12.4. The fraction of sp³-hybridized carbons (Fsp3) is 0.0500. The molecule has 0 radical (unpaired) electrons. The quantitative estimate of drug-likeness (QED) is 0.341. The van der Waals surface area contributed by atoms with Gasteiger partial charge < -0.3 is 5.32 Å². The van der Waals surface area contributed by atoms with E-state index in [4.69, 9.17) is 0 Å². The van der Waals surface area contributed by atoms with Gasteiger partial charge >= 0.3 is 0 Å². The number of hydrogen-bond donors (Lipinski definition) is 1. The predicted octanol–water partition coefficient (Wildman–Crippen LogP) is 4.16. The van der Waals surface area contributed by atoms with E-state index in [1.807, 2.05) is 54.6 Å². The molecule has 5 rings (SSSR count). The molecule has 1 N–H and O–H groups in total. The molecule has 5 aromatic rings. The average Bonchev–Trinajstić information content (AvgIpc) is 3.36. The number of para-hydroxylation sites is 2. The van der Waals surface area contributed by atoms with Gasteiger partial charge in [0, 0.05) is 0 Å². The van der Waals surface area contributed by atoms with Gasteiger partial charge in [-0.25, -0.2) is 19.6 Å². The van der Waals surface area contributed by atoms with E-state index in [9.17, 15) is 4.79 Å². The van der Waals surface area contributed by atoms with Crippen molar-refractivity contribution in [2.75, 3.05) is 11.1 Å². The highest BCUT2D eigenvalue weighted by molar-refractivity contribution is 8.00. The summed E-state index contributed by atoms with van der Waals surface area (Å²) < 4.78 is 2.81. The van der Waals surface area contributed by atoms with Crippen molar-refractivity contribution in [1.82, 2.24) is 24.7 Å². The van der Waals surface area contributed by atoms with E-state index in [0.717, 1.165) is 26.3 Å². The van der Waals surface area contributed by atoms with Crippen LogP contribution in [0, 0.1) is 0 Å². The van der Waals surface area contributed by atoms with E-state index in [1.54, 1.807) is 10.9 Å². The number of carbonyl (C=O) groups excluding carboxylic acids is 1. The number of anilines is 1. The normalized spacial score (nSPS) is 11.2. The first-order chi connectivity index (χ1) is 14.3. The van der Waals surface area contributed by atoms with Crippen molar-refractivity contribution in [2.45, 2.75) is 5.03 Å². The Hall–Kier alpha value is -3.30. The standard InChI is InChI=1S/C20H14N6OS2/c27-17(25-20-24-15-8-4-5-9-16(15)29-20)11-28-19-14-10-23-26(18(14)21-12-22-19)13-6-2-1-3-7-13/h1-10,12H,11H2,(H,24,25,27). The average molecular weight is 419 g/mol. The summed E-state index contributed by atoms with van der Waals surface area (Å²) in [5, 5.41) is 9.43. The van der Waals surface area contributed by atoms with E-state index in [0.29, 0.717) is 10.8 Å². The Morgan fingerprint density at radius 1 is 1.07 bits per heavy atom. The lowest BCUT2D eigenvalue weighted by molar-refractivity contribution is -0.113. The second-order valence-electron chi connectivity index (χ2n) is 6.13. The summed E-state index contributed by atoms with van der Waals surface area (Å²) in [4.78, 5) is 25.5. The van der Waals surface area contributed by atoms with Gasteiger partial charge in [0.05, 0.1) is 33.2 Å². The molecule has 9 heteroatoms. The zero-order valence-electron chi connectivity index (χ0n) is 15.0. The molecule has 0 aliphatic rings. The third-order valence-corrected chi connectivity index (χ3v) is 6.17. The van der Waals surface area contributed by atoms with E-state index in [2.05, 4.69) is 25.4 Å². The number of nitrogens with zero attached hydrogens (tertiary/aromatic N) is 5. The predicted molar refractivity (Wildman–Crippen MR) is 116 cm³/mol. The van der Waals surface area contributed by atoms with E-state index < -0.39 is 0 Å². The van der Waals surface area contributed by atoms with Crippen LogP contribution in [0.2, 0.25) is 0 Å². The summed E-state index contributed by atoms with van der Waals surface area (Å²) in [6.07, 6.45) is 3.23. The van der Waals surface area contributed by atoms with Gasteiger partial charge in [-0.1, -0.05) is 53.4 Å². The largest absolute Gasteiger partial charge is 0.301 e. The van der Waals surface area contributed by atoms with Gasteiger partial charge in [0.2, 0.25) is 5.91 Å². The van der Waals surface area contributed by atoms with Crippen molar-refractivity contribution >= 4 is 55.4 Å². The number of nitrogens with one attached hydrogen (secondary N) is 1. The van der Waals surface area contributed by atoms with Crippen LogP contribution < -0.4 is 5.32 Å². The smallest absolute Gasteiger partial charge is 0.236 e. The number of carbonyl (C=O) groups is 1. The van der Waals surface area contributed by atoms with Crippen molar-refractivity contribution in [2.24, 2.45) is 0 Å². The van der Waals surface area contributed by atoms with Gasteiger partial charge in [-0.05, 0) is 24.3 Å². The number of thioether (sulfide) groups is 1. The fourth-order valence-corrected chi connectivity index (χ4v) is 4.55. The zero-order chi connectivity index (χ0) is 19.6. The Morgan fingerprint density at radius 2 is 1.90 bits per heavy atom. The number of amides is 1. The van der Waals surface area contributed by atoms with E-state index >= 15 is 0 Å². The summed E-state index contributed by atoms with van der Waals surface area (Å²) in [5.41, 5.74) is 2.51. The van der Waals surface area contributed by atoms with Gasteiger partial charge in [0.25, 0.3) is 0 Å². The third-order valence-electron chi connectivity index (χ3n) is 4.21. The lowest BCUT2D eigenvalue weighted by atomic mass is 10.3. The highest BCUT2D eigenvalue weighted by atomic mass is 32.2. The lowest BCUT2D eigenvalue weighted by Gasteiger charge is -2.04. The summed E-state index contributed by atoms with van der Waals surface area (Å²) in [6.45, 7) is 0. The Labute approximate surface area is 173 Å². The van der Waals surface area contributed by atoms with Gasteiger partial charge in [-0.15, -0.1) is 0 Å². The molecule has 1 amide bonds. The van der Waals surface area contributed by atoms with E-state index in [1.165, 1.54) is 29.4 Å². The first-order valence-electron chi connectivity index (χ1n) is 8.80. The van der Waals surface area contributed by atoms with Crippen LogP contribution >= 0.6 is 23.1 Å². The second kappa shape index (κ2) is 7.61. The molecule has 3 heterocycles. The van der Waals surface area contributed by atoms with Crippen molar-refractivity contribution in [3.05, 3.63) is 67.1 Å². The van der Waals surface area contributed by atoms with Crippen LogP contribution in [0.4, 0.5) is 5.13 Å². The first-order valence-corrected chi connectivity index (χ1v) is 10.6. The van der Waals surface area contributed by atoms with Gasteiger partial charge in [-0.2, -0.15) is 5.10 Å². The molecule has 0 atom stereocenters. The molecule has 142 valence electrons. The van der Waals surface area contributed by atoms with Crippen LogP contribution in [-0.2, 0) is 4.79 Å². The van der Waals surface area contributed by atoms with Crippen molar-refractivity contribution in [1.29, 1.82) is 0 Å². The molecular weight excluding hydrogens is 404 g/mol. The van der Waals surface area contributed by atoms with Crippen LogP contribution in [-0.4, -0.2) is 36.4 Å². The SMILES string of the molecule is O=C(CSc1ncnc2c1cnn2-c1ccccc1)Nc1nc2ccccc2s1. The van der Waals surface area contributed by atoms with Gasteiger partial charge in [0.15, 0.2) is 10.8 Å². The van der Waals surface area contributed by atoms with E-state index in [-0.39, 0.29) is 11.7 Å². The number of fused-ring (bicyclic) bond motifs is 2. The lowest BCUT2D eigenvalue weighted by Crippen LogP contribution is -2.13. The van der Waals surface area contributed by atoms with Crippen molar-refractivity contribution < 1.29 is 4.79 Å². The number of hydrogen-bond acceptors (Lipinski definition) is 7. The number of thiazole rings is 1. The monoisotopic (exact) mass is 418 g/mol. The fourth-order valence-electron chi connectivity index (χ4n) is 2.91. The molecule has 0 spiro atoms. The number of benzene rings is 2. The van der Waals surface area contributed by atoms with Crippen LogP contribution in [0.3, 0.4) is 0 Å².